The molecule has 178 valence electrons. The molecular weight excluding hydrogens is 414 g/mol. The number of carboxylic acid groups (broad SMARTS) is 1. The lowest BCUT2D eigenvalue weighted by Crippen LogP contribution is -2.50. The lowest BCUT2D eigenvalue weighted by molar-refractivity contribution is -0.127. The zero-order chi connectivity index (χ0) is 24.0. The summed E-state index contributed by atoms with van der Waals surface area (Å²) in [5, 5.41) is 12.7. The van der Waals surface area contributed by atoms with Crippen LogP contribution in [0.3, 0.4) is 0 Å². The van der Waals surface area contributed by atoms with Crippen molar-refractivity contribution in [3.05, 3.63) is 71.8 Å². The molecule has 33 heavy (non-hydrogen) atoms. The van der Waals surface area contributed by atoms with Gasteiger partial charge in [0.25, 0.3) is 0 Å². The molecule has 1 saturated carbocycles. The molecule has 2 N–H and O–H groups in total. The molecular formula is C27H37N3O3. The highest BCUT2D eigenvalue weighted by Gasteiger charge is 2.40. The van der Waals surface area contributed by atoms with Crippen LogP contribution < -0.4 is 5.32 Å². The average molecular weight is 452 g/mol. The standard InChI is InChI=1S/C27H37N3O3/c1-20(21-11-7-5-8-12-21)24(19-30(4)26(32)33)25(31)28-23-15-17-27(18-16-23,29(2)3)22-13-9-6-10-14-22/h5-14,20,23-24H,15-19H2,1-4H3,(H,28,31)(H,32,33)/t20-,23?,24+,27?/m0/s1. The number of nitrogens with zero attached hydrogens (tertiary/aromatic N) is 2. The molecule has 0 aliphatic heterocycles. The third-order valence-electron chi connectivity index (χ3n) is 7.39. The van der Waals surface area contributed by atoms with Gasteiger partial charge in [0, 0.05) is 25.2 Å². The summed E-state index contributed by atoms with van der Waals surface area (Å²) in [4.78, 5) is 28.4. The summed E-state index contributed by atoms with van der Waals surface area (Å²) in [6.07, 6.45) is 2.68. The monoisotopic (exact) mass is 451 g/mol. The number of nitrogens with one attached hydrogen (secondary N) is 1. The molecule has 6 heteroatoms. The van der Waals surface area contributed by atoms with Crippen molar-refractivity contribution >= 4 is 12.0 Å². The Balaban J connectivity index is 1.71. The number of amides is 2. The first kappa shape index (κ1) is 24.8. The van der Waals surface area contributed by atoms with Gasteiger partial charge in [-0.05, 0) is 56.8 Å². The molecule has 2 amide bonds. The van der Waals surface area contributed by atoms with E-state index in [9.17, 15) is 14.7 Å². The fraction of sp³-hybridized carbons (Fsp3) is 0.481. The van der Waals surface area contributed by atoms with Crippen LogP contribution in [0.2, 0.25) is 0 Å². The SMILES string of the molecule is C[C@@H](c1ccccc1)[C@@H](CN(C)C(=O)O)C(=O)NC1CCC(c2ccccc2)(N(C)C)CC1. The largest absolute Gasteiger partial charge is 0.465 e. The van der Waals surface area contributed by atoms with Crippen LogP contribution in [-0.2, 0) is 10.3 Å². The van der Waals surface area contributed by atoms with Gasteiger partial charge in [-0.1, -0.05) is 67.6 Å². The highest BCUT2D eigenvalue weighted by Crippen LogP contribution is 2.41. The second-order valence-corrected chi connectivity index (χ2v) is 9.54. The van der Waals surface area contributed by atoms with E-state index in [-0.39, 0.29) is 30.0 Å². The van der Waals surface area contributed by atoms with E-state index in [1.54, 1.807) is 0 Å². The van der Waals surface area contributed by atoms with Crippen molar-refractivity contribution in [1.29, 1.82) is 0 Å². The molecule has 0 saturated heterocycles. The second kappa shape index (κ2) is 10.8. The van der Waals surface area contributed by atoms with Gasteiger partial charge in [0.1, 0.15) is 0 Å². The minimum atomic E-state index is -1.02. The molecule has 1 aliphatic rings. The summed E-state index contributed by atoms with van der Waals surface area (Å²) in [7, 11) is 5.78. The van der Waals surface area contributed by atoms with Gasteiger partial charge in [0.15, 0.2) is 0 Å². The summed E-state index contributed by atoms with van der Waals surface area (Å²) < 4.78 is 0. The smallest absolute Gasteiger partial charge is 0.407 e. The molecule has 0 unspecified atom stereocenters. The van der Waals surface area contributed by atoms with Crippen LogP contribution in [0.5, 0.6) is 0 Å². The van der Waals surface area contributed by atoms with Crippen molar-refractivity contribution in [3.8, 4) is 0 Å². The fourth-order valence-electron chi connectivity index (χ4n) is 5.12. The topological polar surface area (TPSA) is 72.9 Å². The molecule has 3 rings (SSSR count). The number of benzene rings is 2. The predicted molar refractivity (Wildman–Crippen MR) is 131 cm³/mol. The van der Waals surface area contributed by atoms with Gasteiger partial charge < -0.3 is 15.3 Å². The summed E-state index contributed by atoms with van der Waals surface area (Å²) >= 11 is 0. The van der Waals surface area contributed by atoms with E-state index in [1.165, 1.54) is 17.5 Å². The van der Waals surface area contributed by atoms with Crippen LogP contribution in [0.15, 0.2) is 60.7 Å². The molecule has 0 heterocycles. The van der Waals surface area contributed by atoms with Gasteiger partial charge in [-0.2, -0.15) is 0 Å². The van der Waals surface area contributed by atoms with E-state index >= 15 is 0 Å². The third kappa shape index (κ3) is 5.74. The van der Waals surface area contributed by atoms with E-state index in [0.717, 1.165) is 31.2 Å². The van der Waals surface area contributed by atoms with Crippen molar-refractivity contribution in [2.24, 2.45) is 5.92 Å². The van der Waals surface area contributed by atoms with E-state index in [0.29, 0.717) is 0 Å². The Labute approximate surface area is 197 Å². The maximum Gasteiger partial charge on any atom is 0.407 e. The maximum atomic E-state index is 13.4. The van der Waals surface area contributed by atoms with Gasteiger partial charge in [0.05, 0.1) is 5.92 Å². The minimum Gasteiger partial charge on any atom is -0.465 e. The van der Waals surface area contributed by atoms with Gasteiger partial charge >= 0.3 is 6.09 Å². The summed E-state index contributed by atoms with van der Waals surface area (Å²) in [5.74, 6) is -0.619. The van der Waals surface area contributed by atoms with E-state index in [1.807, 2.05) is 43.3 Å². The number of rotatable bonds is 8. The zero-order valence-electron chi connectivity index (χ0n) is 20.2. The van der Waals surface area contributed by atoms with Crippen LogP contribution in [0.4, 0.5) is 4.79 Å². The third-order valence-corrected chi connectivity index (χ3v) is 7.39. The Bertz CT molecular complexity index is 909. The Kier molecular flexibility index (Phi) is 8.14. The van der Waals surface area contributed by atoms with Crippen LogP contribution in [-0.4, -0.2) is 60.6 Å². The first-order chi connectivity index (χ1) is 15.7. The van der Waals surface area contributed by atoms with Gasteiger partial charge in [-0.3, -0.25) is 9.69 Å². The quantitative estimate of drug-likeness (QED) is 0.618. The molecule has 2 aromatic carbocycles. The van der Waals surface area contributed by atoms with Crippen molar-refractivity contribution in [2.45, 2.75) is 50.1 Å². The lowest BCUT2D eigenvalue weighted by atomic mass is 9.74. The maximum absolute atomic E-state index is 13.4. The molecule has 0 spiro atoms. The van der Waals surface area contributed by atoms with Gasteiger partial charge in [-0.25, -0.2) is 4.79 Å². The summed E-state index contributed by atoms with van der Waals surface area (Å²) in [5.41, 5.74) is 2.33. The molecule has 1 aliphatic carbocycles. The van der Waals surface area contributed by atoms with Gasteiger partial charge in [0.2, 0.25) is 5.91 Å². The van der Waals surface area contributed by atoms with Gasteiger partial charge in [-0.15, -0.1) is 0 Å². The highest BCUT2D eigenvalue weighted by molar-refractivity contribution is 5.81. The number of carbonyl (C=O) groups is 2. The minimum absolute atomic E-state index is 0.0251. The van der Waals surface area contributed by atoms with Crippen molar-refractivity contribution in [3.63, 3.8) is 0 Å². The fourth-order valence-corrected chi connectivity index (χ4v) is 5.12. The predicted octanol–water partition coefficient (Wildman–Crippen LogP) is 4.53. The molecule has 0 aromatic heterocycles. The Morgan fingerprint density at radius 1 is 1.00 bits per heavy atom. The Hall–Kier alpha value is -2.86. The summed E-state index contributed by atoms with van der Waals surface area (Å²) in [6.45, 7) is 2.16. The Morgan fingerprint density at radius 2 is 1.55 bits per heavy atom. The van der Waals surface area contributed by atoms with Crippen LogP contribution >= 0.6 is 0 Å². The molecule has 1 fully saturated rings. The first-order valence-corrected chi connectivity index (χ1v) is 11.8. The number of hydrogen-bond acceptors (Lipinski definition) is 3. The average Bonchev–Trinajstić information content (AvgIpc) is 2.83. The summed E-state index contributed by atoms with van der Waals surface area (Å²) in [6, 6.07) is 20.5. The van der Waals surface area contributed by atoms with Crippen LogP contribution in [0, 0.1) is 5.92 Å². The van der Waals surface area contributed by atoms with Crippen LogP contribution in [0.1, 0.15) is 49.7 Å². The second-order valence-electron chi connectivity index (χ2n) is 9.54. The van der Waals surface area contributed by atoms with Crippen LogP contribution in [0.25, 0.3) is 0 Å². The molecule has 6 nitrogen and oxygen atoms in total. The lowest BCUT2D eigenvalue weighted by Gasteiger charge is -2.46. The van der Waals surface area contributed by atoms with Crippen molar-refractivity contribution in [1.82, 2.24) is 15.1 Å². The highest BCUT2D eigenvalue weighted by atomic mass is 16.4. The number of carbonyl (C=O) groups excluding carboxylic acids is 1. The molecule has 0 radical (unpaired) electrons. The zero-order valence-corrected chi connectivity index (χ0v) is 20.2. The van der Waals surface area contributed by atoms with Crippen molar-refractivity contribution < 1.29 is 14.7 Å². The Morgan fingerprint density at radius 3 is 2.06 bits per heavy atom. The number of hydrogen-bond donors (Lipinski definition) is 2. The molecule has 2 atom stereocenters. The molecule has 2 aromatic rings. The van der Waals surface area contributed by atoms with E-state index in [2.05, 4.69) is 48.6 Å². The first-order valence-electron chi connectivity index (χ1n) is 11.8. The van der Waals surface area contributed by atoms with E-state index < -0.39 is 12.0 Å². The van der Waals surface area contributed by atoms with E-state index in [4.69, 9.17) is 0 Å². The normalized spacial score (nSPS) is 22.4. The van der Waals surface area contributed by atoms with Crippen molar-refractivity contribution in [2.75, 3.05) is 27.7 Å². The molecule has 0 bridgehead atoms.